The number of piperidine rings is 1. The summed E-state index contributed by atoms with van der Waals surface area (Å²) in [5, 5.41) is 13.7. The minimum Gasteiger partial charge on any atom is -0.478 e. The number of carbonyl (C=O) groups is 1. The second-order valence-corrected chi connectivity index (χ2v) is 6.97. The molecule has 0 saturated carbocycles. The molecule has 1 aliphatic rings. The van der Waals surface area contributed by atoms with Crippen molar-refractivity contribution in [3.63, 3.8) is 0 Å². The fourth-order valence-electron chi connectivity index (χ4n) is 3.86. The number of rotatable bonds is 5. The van der Waals surface area contributed by atoms with Crippen LogP contribution >= 0.6 is 0 Å². The van der Waals surface area contributed by atoms with Crippen molar-refractivity contribution in [2.24, 2.45) is 0 Å². The highest BCUT2D eigenvalue weighted by Crippen LogP contribution is 2.29. The van der Waals surface area contributed by atoms with Crippen LogP contribution in [0.4, 0.5) is 0 Å². The molecule has 2 aromatic rings. The Bertz CT molecular complexity index is 749. The Hall–Kier alpha value is -2.14. The van der Waals surface area contributed by atoms with Crippen LogP contribution in [0, 0.1) is 13.8 Å². The molecular formula is C20H27N3O2. The van der Waals surface area contributed by atoms with Crippen LogP contribution in [0.3, 0.4) is 0 Å². The van der Waals surface area contributed by atoms with Gasteiger partial charge in [0.05, 0.1) is 11.3 Å². The fourth-order valence-corrected chi connectivity index (χ4v) is 3.86. The molecule has 0 radical (unpaired) electrons. The summed E-state index contributed by atoms with van der Waals surface area (Å²) in [6.45, 7) is 10.4. The normalized spacial score (nSPS) is 18.4. The van der Waals surface area contributed by atoms with E-state index in [0.29, 0.717) is 11.5 Å². The van der Waals surface area contributed by atoms with Gasteiger partial charge in [0.2, 0.25) is 0 Å². The lowest BCUT2D eigenvalue weighted by molar-refractivity contribution is 0.0697. The van der Waals surface area contributed by atoms with Crippen LogP contribution in [0.25, 0.3) is 0 Å². The Labute approximate surface area is 149 Å². The SMILES string of the molecule is CCn1nc(C)c(CN2CCCC(c3ccc(C(=O)O)cc3)C2)c1C. The van der Waals surface area contributed by atoms with Crippen molar-refractivity contribution in [1.82, 2.24) is 14.7 Å². The summed E-state index contributed by atoms with van der Waals surface area (Å²) in [5.74, 6) is -0.394. The molecule has 5 heteroatoms. The monoisotopic (exact) mass is 341 g/mol. The molecule has 1 saturated heterocycles. The van der Waals surface area contributed by atoms with E-state index in [1.807, 2.05) is 12.1 Å². The van der Waals surface area contributed by atoms with Gasteiger partial charge >= 0.3 is 5.97 Å². The van der Waals surface area contributed by atoms with Gasteiger partial charge in [0.15, 0.2) is 0 Å². The first kappa shape index (κ1) is 17.7. The number of aromatic carboxylic acids is 1. The van der Waals surface area contributed by atoms with Crippen molar-refractivity contribution in [3.05, 3.63) is 52.3 Å². The van der Waals surface area contributed by atoms with Crippen LogP contribution in [0.2, 0.25) is 0 Å². The molecule has 1 aliphatic heterocycles. The lowest BCUT2D eigenvalue weighted by Crippen LogP contribution is -2.34. The van der Waals surface area contributed by atoms with Crippen molar-refractivity contribution < 1.29 is 9.90 Å². The van der Waals surface area contributed by atoms with Gasteiger partial charge in [0.1, 0.15) is 0 Å². The second-order valence-electron chi connectivity index (χ2n) is 6.97. The Morgan fingerprint density at radius 2 is 2.00 bits per heavy atom. The predicted octanol–water partition coefficient (Wildman–Crippen LogP) is 3.60. The van der Waals surface area contributed by atoms with E-state index in [0.717, 1.165) is 38.3 Å². The average Bonchev–Trinajstić information content (AvgIpc) is 2.89. The van der Waals surface area contributed by atoms with E-state index in [1.54, 1.807) is 12.1 Å². The lowest BCUT2D eigenvalue weighted by Gasteiger charge is -2.33. The number of benzene rings is 1. The number of aryl methyl sites for hydroxylation is 2. The topological polar surface area (TPSA) is 58.4 Å². The first-order chi connectivity index (χ1) is 12.0. The highest BCUT2D eigenvalue weighted by molar-refractivity contribution is 5.87. The second kappa shape index (κ2) is 7.40. The first-order valence-corrected chi connectivity index (χ1v) is 9.08. The van der Waals surface area contributed by atoms with Crippen molar-refractivity contribution >= 4 is 5.97 Å². The van der Waals surface area contributed by atoms with Gasteiger partial charge in [-0.05, 0) is 63.8 Å². The Morgan fingerprint density at radius 3 is 2.60 bits per heavy atom. The first-order valence-electron chi connectivity index (χ1n) is 9.08. The zero-order valence-electron chi connectivity index (χ0n) is 15.3. The molecule has 1 aromatic heterocycles. The third-order valence-corrected chi connectivity index (χ3v) is 5.35. The molecule has 2 heterocycles. The van der Waals surface area contributed by atoms with E-state index in [4.69, 9.17) is 5.11 Å². The van der Waals surface area contributed by atoms with Crippen LogP contribution in [0.1, 0.15) is 58.6 Å². The molecule has 1 atom stereocenters. The summed E-state index contributed by atoms with van der Waals surface area (Å²) in [6, 6.07) is 7.39. The minimum atomic E-state index is -0.865. The van der Waals surface area contributed by atoms with Crippen LogP contribution in [0.5, 0.6) is 0 Å². The molecule has 5 nitrogen and oxygen atoms in total. The van der Waals surface area contributed by atoms with Crippen molar-refractivity contribution in [1.29, 1.82) is 0 Å². The van der Waals surface area contributed by atoms with Crippen molar-refractivity contribution in [3.8, 4) is 0 Å². The number of carboxylic acids is 1. The summed E-state index contributed by atoms with van der Waals surface area (Å²) < 4.78 is 2.08. The minimum absolute atomic E-state index is 0.356. The molecule has 0 amide bonds. The number of nitrogens with zero attached hydrogens (tertiary/aromatic N) is 3. The highest BCUT2D eigenvalue weighted by atomic mass is 16.4. The number of likely N-dealkylation sites (tertiary alicyclic amines) is 1. The zero-order valence-corrected chi connectivity index (χ0v) is 15.3. The molecule has 1 N–H and O–H groups in total. The summed E-state index contributed by atoms with van der Waals surface area (Å²) >= 11 is 0. The molecule has 0 bridgehead atoms. The largest absolute Gasteiger partial charge is 0.478 e. The maximum absolute atomic E-state index is 11.0. The molecular weight excluding hydrogens is 314 g/mol. The van der Waals surface area contributed by atoms with Gasteiger partial charge in [0.25, 0.3) is 0 Å². The predicted molar refractivity (Wildman–Crippen MR) is 98.0 cm³/mol. The van der Waals surface area contributed by atoms with E-state index >= 15 is 0 Å². The Kier molecular flexibility index (Phi) is 5.23. The van der Waals surface area contributed by atoms with Gasteiger partial charge in [-0.1, -0.05) is 12.1 Å². The fraction of sp³-hybridized carbons (Fsp3) is 0.500. The highest BCUT2D eigenvalue weighted by Gasteiger charge is 2.23. The van der Waals surface area contributed by atoms with Gasteiger partial charge in [0, 0.05) is 30.9 Å². The van der Waals surface area contributed by atoms with Crippen LogP contribution in [-0.4, -0.2) is 38.8 Å². The number of hydrogen-bond acceptors (Lipinski definition) is 3. The molecule has 1 aromatic carbocycles. The van der Waals surface area contributed by atoms with Gasteiger partial charge < -0.3 is 5.11 Å². The third-order valence-electron chi connectivity index (χ3n) is 5.35. The van der Waals surface area contributed by atoms with E-state index < -0.39 is 5.97 Å². The molecule has 134 valence electrons. The number of hydrogen-bond donors (Lipinski definition) is 1. The standard InChI is InChI=1S/C20H27N3O2/c1-4-23-15(3)19(14(2)21-23)13-22-11-5-6-18(12-22)16-7-9-17(10-8-16)20(24)25/h7-10,18H,4-6,11-13H2,1-3H3,(H,24,25). The quantitative estimate of drug-likeness (QED) is 0.903. The van der Waals surface area contributed by atoms with E-state index in [2.05, 4.69) is 35.5 Å². The summed E-state index contributed by atoms with van der Waals surface area (Å²) in [4.78, 5) is 13.5. The summed E-state index contributed by atoms with van der Waals surface area (Å²) in [7, 11) is 0. The van der Waals surface area contributed by atoms with E-state index in [1.165, 1.54) is 23.2 Å². The van der Waals surface area contributed by atoms with Crippen molar-refractivity contribution in [2.75, 3.05) is 13.1 Å². The molecule has 1 unspecified atom stereocenters. The molecule has 3 rings (SSSR count). The number of aromatic nitrogens is 2. The molecule has 25 heavy (non-hydrogen) atoms. The maximum Gasteiger partial charge on any atom is 0.335 e. The van der Waals surface area contributed by atoms with Gasteiger partial charge in [-0.2, -0.15) is 5.10 Å². The van der Waals surface area contributed by atoms with E-state index in [-0.39, 0.29) is 0 Å². The average molecular weight is 341 g/mol. The molecule has 0 spiro atoms. The lowest BCUT2D eigenvalue weighted by atomic mass is 9.90. The van der Waals surface area contributed by atoms with Gasteiger partial charge in [-0.3, -0.25) is 9.58 Å². The van der Waals surface area contributed by atoms with Crippen LogP contribution in [0.15, 0.2) is 24.3 Å². The summed E-state index contributed by atoms with van der Waals surface area (Å²) in [5.41, 5.74) is 5.35. The number of carboxylic acid groups (broad SMARTS) is 1. The zero-order chi connectivity index (χ0) is 18.0. The molecule has 1 fully saturated rings. The third kappa shape index (κ3) is 3.76. The van der Waals surface area contributed by atoms with E-state index in [9.17, 15) is 4.79 Å². The van der Waals surface area contributed by atoms with Crippen molar-refractivity contribution in [2.45, 2.75) is 52.6 Å². The van der Waals surface area contributed by atoms with Crippen LogP contribution in [-0.2, 0) is 13.1 Å². The van der Waals surface area contributed by atoms with Gasteiger partial charge in [-0.25, -0.2) is 4.79 Å². The Balaban J connectivity index is 1.71. The maximum atomic E-state index is 11.0. The van der Waals surface area contributed by atoms with Gasteiger partial charge in [-0.15, -0.1) is 0 Å². The Morgan fingerprint density at radius 1 is 1.28 bits per heavy atom. The smallest absolute Gasteiger partial charge is 0.335 e. The van der Waals surface area contributed by atoms with Crippen LogP contribution < -0.4 is 0 Å². The summed E-state index contributed by atoms with van der Waals surface area (Å²) in [6.07, 6.45) is 2.33. The molecule has 0 aliphatic carbocycles.